The molecule has 1 radical (unpaired) electrons. The van der Waals surface area contributed by atoms with Gasteiger partial charge in [0.25, 0.3) is 0 Å². The molecule has 0 aromatic carbocycles. The standard InChI is InChI=1S/C9H16N.CH3.W.Y/c1-8-6-9(8)4-3-5-10(2)7-9;;;/h8H,2-7H2,1H3;1H3;;/q2*-1;+2;. The van der Waals surface area contributed by atoms with Crippen LogP contribution >= 0.6 is 0 Å². The van der Waals surface area contributed by atoms with Crippen molar-refractivity contribution in [3.05, 3.63) is 14.5 Å². The summed E-state index contributed by atoms with van der Waals surface area (Å²) in [7, 11) is 4.00. The van der Waals surface area contributed by atoms with Gasteiger partial charge in [-0.05, 0) is 43.7 Å². The molecule has 1 nitrogen and oxygen atoms in total. The van der Waals surface area contributed by atoms with Crippen molar-refractivity contribution in [2.45, 2.75) is 26.2 Å². The van der Waals surface area contributed by atoms with Gasteiger partial charge < -0.3 is 12.3 Å². The molecule has 2 unspecified atom stereocenters. The van der Waals surface area contributed by atoms with E-state index in [9.17, 15) is 0 Å². The van der Waals surface area contributed by atoms with Crippen molar-refractivity contribution in [2.24, 2.45) is 11.3 Å². The van der Waals surface area contributed by atoms with Crippen molar-refractivity contribution >= 4 is 0 Å². The minimum atomic E-state index is 0. The summed E-state index contributed by atoms with van der Waals surface area (Å²) >= 11 is 0. The van der Waals surface area contributed by atoms with Gasteiger partial charge in [0, 0.05) is 32.7 Å². The maximum Gasteiger partial charge on any atom is 2.00 e. The zero-order valence-corrected chi connectivity index (χ0v) is 14.5. The normalized spacial score (nSPS) is 36.9. The predicted octanol–water partition coefficient (Wildman–Crippen LogP) is 2.35. The van der Waals surface area contributed by atoms with Crippen LogP contribution in [-0.4, -0.2) is 18.0 Å². The van der Waals surface area contributed by atoms with E-state index in [4.69, 9.17) is 0 Å². The first-order valence-corrected chi connectivity index (χ1v) is 4.28. The van der Waals surface area contributed by atoms with Crippen LogP contribution in [-0.2, 0) is 53.8 Å². The molecule has 13 heavy (non-hydrogen) atoms. The minimum Gasteiger partial charge on any atom is -0.459 e. The first-order valence-electron chi connectivity index (χ1n) is 4.28. The maximum absolute atomic E-state index is 4.00. The first-order chi connectivity index (χ1) is 4.73. The third-order valence-corrected chi connectivity index (χ3v) is 3.29. The SMILES string of the molecule is [CH2-]N1CCCC2(CC2C)C1.[CH3-].[W+2].[Y]. The smallest absolute Gasteiger partial charge is 0.459 e. The third-order valence-electron chi connectivity index (χ3n) is 3.29. The zero-order chi connectivity index (χ0) is 7.19. The van der Waals surface area contributed by atoms with Gasteiger partial charge in [-0.2, -0.15) is 0 Å². The van der Waals surface area contributed by atoms with E-state index in [-0.39, 0.29) is 61.2 Å². The fourth-order valence-electron chi connectivity index (χ4n) is 2.38. The van der Waals surface area contributed by atoms with Crippen molar-refractivity contribution < 1.29 is 53.8 Å². The number of hydrogen-bond donors (Lipinski definition) is 0. The van der Waals surface area contributed by atoms with E-state index in [1.54, 1.807) is 0 Å². The van der Waals surface area contributed by atoms with Gasteiger partial charge in [-0.1, -0.05) is 6.92 Å². The number of rotatable bonds is 0. The van der Waals surface area contributed by atoms with Crippen LogP contribution in [0.25, 0.3) is 0 Å². The Morgan fingerprint density at radius 1 is 1.46 bits per heavy atom. The second kappa shape index (κ2) is 6.36. The summed E-state index contributed by atoms with van der Waals surface area (Å²) in [4.78, 5) is 2.24. The molecule has 0 aromatic rings. The Labute approximate surface area is 123 Å². The molecule has 0 aromatic heterocycles. The molecule has 0 amide bonds. The van der Waals surface area contributed by atoms with Crippen molar-refractivity contribution in [1.29, 1.82) is 0 Å². The van der Waals surface area contributed by atoms with Crippen LogP contribution in [0.1, 0.15) is 26.2 Å². The van der Waals surface area contributed by atoms with Crippen LogP contribution in [0.4, 0.5) is 0 Å². The second-order valence-corrected chi connectivity index (χ2v) is 4.12. The largest absolute Gasteiger partial charge is 2.00 e. The topological polar surface area (TPSA) is 3.24 Å². The van der Waals surface area contributed by atoms with Gasteiger partial charge in [0.05, 0.1) is 0 Å². The third kappa shape index (κ3) is 3.67. The van der Waals surface area contributed by atoms with Crippen molar-refractivity contribution in [1.82, 2.24) is 4.90 Å². The second-order valence-electron chi connectivity index (χ2n) is 4.12. The van der Waals surface area contributed by atoms with E-state index in [1.165, 1.54) is 32.4 Å². The van der Waals surface area contributed by atoms with Crippen LogP contribution in [0, 0.1) is 25.8 Å². The molecular formula is C10H19NWY. The number of piperidine rings is 1. The Balaban J connectivity index is 0. The summed E-state index contributed by atoms with van der Waals surface area (Å²) < 4.78 is 0. The zero-order valence-electron chi connectivity index (χ0n) is 8.75. The minimum absolute atomic E-state index is 0. The summed E-state index contributed by atoms with van der Waals surface area (Å²) in [5, 5.41) is 0. The Hall–Kier alpha value is 1.75. The van der Waals surface area contributed by atoms with Crippen LogP contribution in [0.2, 0.25) is 0 Å². The molecule has 0 bridgehead atoms. The quantitative estimate of drug-likeness (QED) is 0.538. The van der Waals surface area contributed by atoms with Gasteiger partial charge >= 0.3 is 21.1 Å². The van der Waals surface area contributed by atoms with E-state index in [2.05, 4.69) is 18.9 Å². The van der Waals surface area contributed by atoms with Gasteiger partial charge in [-0.25, -0.2) is 0 Å². The maximum atomic E-state index is 4.00. The van der Waals surface area contributed by atoms with Crippen LogP contribution < -0.4 is 0 Å². The molecule has 2 aliphatic rings. The first kappa shape index (κ1) is 17.2. The van der Waals surface area contributed by atoms with Gasteiger partial charge in [0.15, 0.2) is 0 Å². The Bertz CT molecular complexity index is 154. The van der Waals surface area contributed by atoms with Gasteiger partial charge in [0.1, 0.15) is 0 Å². The molecule has 1 spiro atoms. The van der Waals surface area contributed by atoms with Crippen molar-refractivity contribution in [3.8, 4) is 0 Å². The Kier molecular flexibility index (Phi) is 8.39. The summed E-state index contributed by atoms with van der Waals surface area (Å²) in [6.45, 7) is 4.85. The molecule has 1 saturated heterocycles. The molecule has 2 fully saturated rings. The van der Waals surface area contributed by atoms with Crippen molar-refractivity contribution in [2.75, 3.05) is 13.1 Å². The van der Waals surface area contributed by atoms with Gasteiger partial charge in [-0.3, -0.25) is 7.05 Å². The molecule has 1 aliphatic heterocycles. The van der Waals surface area contributed by atoms with Crippen LogP contribution in [0.3, 0.4) is 0 Å². The van der Waals surface area contributed by atoms with Gasteiger partial charge in [0.2, 0.25) is 0 Å². The van der Waals surface area contributed by atoms with E-state index in [0.717, 1.165) is 11.3 Å². The number of likely N-dealkylation sites (tertiary alicyclic amines) is 1. The fourth-order valence-corrected chi connectivity index (χ4v) is 2.38. The summed E-state index contributed by atoms with van der Waals surface area (Å²) in [5.41, 5.74) is 0.722. The molecular weight excluding hydrogens is 407 g/mol. The Morgan fingerprint density at radius 2 is 2.00 bits per heavy atom. The molecule has 1 heterocycles. The summed E-state index contributed by atoms with van der Waals surface area (Å²) in [6, 6.07) is 0. The van der Waals surface area contributed by atoms with Crippen LogP contribution in [0.5, 0.6) is 0 Å². The Morgan fingerprint density at radius 3 is 2.31 bits per heavy atom. The summed E-state index contributed by atoms with van der Waals surface area (Å²) in [5.74, 6) is 0.983. The average Bonchev–Trinajstić information content (AvgIpc) is 2.41. The molecule has 1 aliphatic carbocycles. The van der Waals surface area contributed by atoms with Crippen molar-refractivity contribution in [3.63, 3.8) is 0 Å². The summed E-state index contributed by atoms with van der Waals surface area (Å²) in [6.07, 6.45) is 4.28. The molecule has 3 heteroatoms. The fraction of sp³-hybridized carbons (Fsp3) is 0.800. The average molecular weight is 426 g/mol. The van der Waals surface area contributed by atoms with Gasteiger partial charge in [-0.15, -0.1) is 0 Å². The number of hydrogen-bond acceptors (Lipinski definition) is 1. The van der Waals surface area contributed by atoms with Crippen LogP contribution in [0.15, 0.2) is 0 Å². The van der Waals surface area contributed by atoms with E-state index in [1.807, 2.05) is 0 Å². The number of nitrogens with zero attached hydrogens (tertiary/aromatic N) is 1. The van der Waals surface area contributed by atoms with E-state index in [0.29, 0.717) is 0 Å². The predicted molar refractivity (Wildman–Crippen MR) is 48.8 cm³/mol. The molecule has 0 N–H and O–H groups in total. The van der Waals surface area contributed by atoms with E-state index >= 15 is 0 Å². The molecule has 73 valence electrons. The molecule has 2 atom stereocenters. The van der Waals surface area contributed by atoms with E-state index < -0.39 is 0 Å². The molecule has 2 rings (SSSR count). The molecule has 1 saturated carbocycles. The monoisotopic (exact) mass is 426 g/mol.